The third-order valence-corrected chi connectivity index (χ3v) is 8.03. The zero-order valence-corrected chi connectivity index (χ0v) is 19.5. The van der Waals surface area contributed by atoms with Crippen LogP contribution in [0.5, 0.6) is 5.75 Å². The second-order valence-electron chi connectivity index (χ2n) is 8.49. The van der Waals surface area contributed by atoms with Crippen LogP contribution in [-0.4, -0.2) is 68.9 Å². The summed E-state index contributed by atoms with van der Waals surface area (Å²) in [7, 11) is 3.79. The summed E-state index contributed by atoms with van der Waals surface area (Å²) < 4.78 is 34.3. The highest BCUT2D eigenvalue weighted by Gasteiger charge is 2.38. The van der Waals surface area contributed by atoms with Crippen molar-refractivity contribution in [1.82, 2.24) is 19.2 Å². The summed E-state index contributed by atoms with van der Waals surface area (Å²) in [5.74, 6) is 1.84. The SMILES string of the molecule is COc1ccccc1S(=O)(=O)N1CCCC[C@H]1c1nc2c(c(N(C)C)n1)CN(C)CC2. The van der Waals surface area contributed by atoms with Crippen molar-refractivity contribution in [3.05, 3.63) is 41.3 Å². The lowest BCUT2D eigenvalue weighted by Gasteiger charge is -2.35. The van der Waals surface area contributed by atoms with Crippen molar-refractivity contribution in [1.29, 1.82) is 0 Å². The standard InChI is InChI=1S/C22H31N5O3S/c1-25(2)22-16-15-26(3)14-12-17(16)23-21(24-22)18-9-7-8-13-27(18)31(28,29)20-11-6-5-10-19(20)30-4/h5-6,10-11,18H,7-9,12-15H2,1-4H3/t18-/m0/s1. The predicted molar refractivity (Wildman–Crippen MR) is 120 cm³/mol. The van der Waals surface area contributed by atoms with Crippen LogP contribution < -0.4 is 9.64 Å². The number of fused-ring (bicyclic) bond motifs is 1. The lowest BCUT2D eigenvalue weighted by atomic mass is 10.0. The van der Waals surface area contributed by atoms with Crippen LogP contribution in [0, 0.1) is 0 Å². The topological polar surface area (TPSA) is 78.9 Å². The number of likely N-dealkylation sites (N-methyl/N-ethyl adjacent to an activating group) is 1. The maximum absolute atomic E-state index is 13.7. The van der Waals surface area contributed by atoms with E-state index in [1.807, 2.05) is 19.0 Å². The van der Waals surface area contributed by atoms with Crippen molar-refractivity contribution >= 4 is 15.8 Å². The Bertz CT molecular complexity index is 1060. The molecule has 2 aliphatic heterocycles. The molecule has 0 N–H and O–H groups in total. The fraction of sp³-hybridized carbons (Fsp3) is 0.545. The number of ether oxygens (including phenoxy) is 1. The van der Waals surface area contributed by atoms with Gasteiger partial charge in [-0.3, -0.25) is 0 Å². The molecule has 1 aromatic carbocycles. The quantitative estimate of drug-likeness (QED) is 0.699. The predicted octanol–water partition coefficient (Wildman–Crippen LogP) is 2.46. The van der Waals surface area contributed by atoms with Gasteiger partial charge in [-0.15, -0.1) is 0 Å². The van der Waals surface area contributed by atoms with Gasteiger partial charge in [-0.2, -0.15) is 4.31 Å². The third kappa shape index (κ3) is 4.14. The van der Waals surface area contributed by atoms with E-state index in [1.54, 1.807) is 28.6 Å². The first kappa shape index (κ1) is 22.0. The normalized spacial score (nSPS) is 20.3. The Kier molecular flexibility index (Phi) is 6.18. The Morgan fingerprint density at radius 1 is 1.13 bits per heavy atom. The van der Waals surface area contributed by atoms with Crippen molar-refractivity contribution in [2.75, 3.05) is 46.2 Å². The summed E-state index contributed by atoms with van der Waals surface area (Å²) in [4.78, 5) is 14.3. The molecule has 0 spiro atoms. The van der Waals surface area contributed by atoms with Crippen molar-refractivity contribution in [3.63, 3.8) is 0 Å². The van der Waals surface area contributed by atoms with E-state index in [9.17, 15) is 8.42 Å². The summed E-state index contributed by atoms with van der Waals surface area (Å²) >= 11 is 0. The molecule has 0 bridgehead atoms. The molecule has 168 valence electrons. The number of aromatic nitrogens is 2. The second kappa shape index (κ2) is 8.72. The van der Waals surface area contributed by atoms with E-state index in [2.05, 4.69) is 11.9 Å². The van der Waals surface area contributed by atoms with E-state index in [0.29, 0.717) is 24.5 Å². The highest BCUT2D eigenvalue weighted by atomic mass is 32.2. The van der Waals surface area contributed by atoms with Gasteiger partial charge in [-0.05, 0) is 32.0 Å². The van der Waals surface area contributed by atoms with Crippen LogP contribution in [-0.2, 0) is 23.0 Å². The van der Waals surface area contributed by atoms with E-state index in [0.717, 1.165) is 49.4 Å². The summed E-state index contributed by atoms with van der Waals surface area (Å²) in [6, 6.07) is 6.41. The molecule has 0 amide bonds. The molecule has 3 heterocycles. The lowest BCUT2D eigenvalue weighted by Crippen LogP contribution is -2.40. The Morgan fingerprint density at radius 2 is 1.90 bits per heavy atom. The minimum atomic E-state index is -3.76. The van der Waals surface area contributed by atoms with Gasteiger partial charge in [0, 0.05) is 45.7 Å². The number of rotatable bonds is 5. The first-order valence-corrected chi connectivity index (χ1v) is 12.2. The average molecular weight is 446 g/mol. The van der Waals surface area contributed by atoms with Crippen LogP contribution in [0.4, 0.5) is 5.82 Å². The minimum Gasteiger partial charge on any atom is -0.495 e. The Labute approximate surface area is 184 Å². The van der Waals surface area contributed by atoms with E-state index in [1.165, 1.54) is 7.11 Å². The number of nitrogens with zero attached hydrogens (tertiary/aromatic N) is 5. The minimum absolute atomic E-state index is 0.191. The van der Waals surface area contributed by atoms with Crippen molar-refractivity contribution in [2.24, 2.45) is 0 Å². The maximum atomic E-state index is 13.7. The van der Waals surface area contributed by atoms with Crippen LogP contribution in [0.25, 0.3) is 0 Å². The van der Waals surface area contributed by atoms with Gasteiger partial charge in [0.15, 0.2) is 0 Å². The summed E-state index contributed by atoms with van der Waals surface area (Å²) in [5, 5.41) is 0. The van der Waals surface area contributed by atoms with E-state index >= 15 is 0 Å². The van der Waals surface area contributed by atoms with Crippen molar-refractivity contribution < 1.29 is 13.2 Å². The lowest BCUT2D eigenvalue weighted by molar-refractivity contribution is 0.243. The van der Waals surface area contributed by atoms with Gasteiger partial charge in [0.2, 0.25) is 10.0 Å². The van der Waals surface area contributed by atoms with Gasteiger partial charge < -0.3 is 14.5 Å². The van der Waals surface area contributed by atoms with Gasteiger partial charge >= 0.3 is 0 Å². The highest BCUT2D eigenvalue weighted by Crippen LogP contribution is 2.38. The zero-order valence-electron chi connectivity index (χ0n) is 18.7. The molecule has 0 radical (unpaired) electrons. The number of methoxy groups -OCH3 is 1. The molecule has 1 atom stereocenters. The van der Waals surface area contributed by atoms with E-state index < -0.39 is 10.0 Å². The van der Waals surface area contributed by atoms with Gasteiger partial charge in [0.05, 0.1) is 18.8 Å². The summed E-state index contributed by atoms with van der Waals surface area (Å²) in [6.45, 7) is 2.19. The van der Waals surface area contributed by atoms with Crippen LogP contribution >= 0.6 is 0 Å². The molecule has 8 nitrogen and oxygen atoms in total. The van der Waals surface area contributed by atoms with Crippen molar-refractivity contribution in [3.8, 4) is 5.75 Å². The van der Waals surface area contributed by atoms with Gasteiger partial charge in [0.1, 0.15) is 22.3 Å². The monoisotopic (exact) mass is 445 g/mol. The number of piperidine rings is 1. The molecular formula is C22H31N5O3S. The Balaban J connectivity index is 1.79. The first-order valence-electron chi connectivity index (χ1n) is 10.7. The number of para-hydroxylation sites is 1. The van der Waals surface area contributed by atoms with Gasteiger partial charge in [-0.1, -0.05) is 18.6 Å². The largest absolute Gasteiger partial charge is 0.495 e. The molecule has 0 unspecified atom stereocenters. The van der Waals surface area contributed by atoms with Crippen LogP contribution in [0.2, 0.25) is 0 Å². The van der Waals surface area contributed by atoms with Crippen molar-refractivity contribution in [2.45, 2.75) is 43.2 Å². The molecule has 31 heavy (non-hydrogen) atoms. The van der Waals surface area contributed by atoms with Crippen LogP contribution in [0.1, 0.15) is 42.4 Å². The molecular weight excluding hydrogens is 414 g/mol. The Morgan fingerprint density at radius 3 is 2.65 bits per heavy atom. The van der Waals surface area contributed by atoms with Gasteiger partial charge in [-0.25, -0.2) is 18.4 Å². The molecule has 2 aliphatic rings. The molecule has 1 aromatic heterocycles. The Hall–Kier alpha value is -2.23. The highest BCUT2D eigenvalue weighted by molar-refractivity contribution is 7.89. The molecule has 0 saturated carbocycles. The number of hydrogen-bond acceptors (Lipinski definition) is 7. The smallest absolute Gasteiger partial charge is 0.247 e. The van der Waals surface area contributed by atoms with E-state index in [-0.39, 0.29) is 10.9 Å². The molecule has 0 aliphatic carbocycles. The zero-order chi connectivity index (χ0) is 22.2. The molecule has 1 fully saturated rings. The average Bonchev–Trinajstić information content (AvgIpc) is 2.78. The third-order valence-electron chi connectivity index (χ3n) is 6.08. The van der Waals surface area contributed by atoms with Crippen LogP contribution in [0.3, 0.4) is 0 Å². The number of sulfonamides is 1. The van der Waals surface area contributed by atoms with Crippen LogP contribution in [0.15, 0.2) is 29.2 Å². The molecule has 2 aromatic rings. The van der Waals surface area contributed by atoms with E-state index in [4.69, 9.17) is 14.7 Å². The number of anilines is 1. The number of hydrogen-bond donors (Lipinski definition) is 0. The molecule has 4 rings (SSSR count). The number of benzene rings is 1. The summed E-state index contributed by atoms with van der Waals surface area (Å²) in [5.41, 5.74) is 2.17. The molecule has 9 heteroatoms. The first-order chi connectivity index (χ1) is 14.8. The van der Waals surface area contributed by atoms with Gasteiger partial charge in [0.25, 0.3) is 0 Å². The molecule has 1 saturated heterocycles. The fourth-order valence-electron chi connectivity index (χ4n) is 4.48. The second-order valence-corrected chi connectivity index (χ2v) is 10.4. The summed E-state index contributed by atoms with van der Waals surface area (Å²) in [6.07, 6.45) is 3.32. The maximum Gasteiger partial charge on any atom is 0.247 e. The fourth-order valence-corrected chi connectivity index (χ4v) is 6.29.